The molecule has 3 rings (SSSR count). The molecule has 2 aliphatic heterocycles. The number of ether oxygens (including phenoxy) is 1. The standard InChI is InChI=1S/C16H27NO2/c18-16-9-5-7-14(16)15-8-1-3-10-17(15)12-13-6-2-4-11-19-13/h13-15H,1-12H2. The zero-order valence-electron chi connectivity index (χ0n) is 12.0. The normalized spacial score (nSPS) is 37.7. The van der Waals surface area contributed by atoms with Gasteiger partial charge in [-0.05, 0) is 51.5 Å². The minimum atomic E-state index is 0.337. The number of carbonyl (C=O) groups is 1. The highest BCUT2D eigenvalue weighted by atomic mass is 16.5. The number of hydrogen-bond acceptors (Lipinski definition) is 3. The number of nitrogens with zero attached hydrogens (tertiary/aromatic N) is 1. The molecule has 3 heteroatoms. The fourth-order valence-electron chi connectivity index (χ4n) is 4.16. The van der Waals surface area contributed by atoms with E-state index < -0.39 is 0 Å². The molecule has 0 spiro atoms. The minimum Gasteiger partial charge on any atom is -0.377 e. The molecule has 0 aromatic carbocycles. The summed E-state index contributed by atoms with van der Waals surface area (Å²) in [6.07, 6.45) is 11.1. The minimum absolute atomic E-state index is 0.337. The maximum atomic E-state index is 12.1. The van der Waals surface area contributed by atoms with E-state index in [1.807, 2.05) is 0 Å². The summed E-state index contributed by atoms with van der Waals surface area (Å²) in [6.45, 7) is 3.17. The molecule has 108 valence electrons. The van der Waals surface area contributed by atoms with Gasteiger partial charge in [0.15, 0.2) is 0 Å². The second kappa shape index (κ2) is 6.36. The van der Waals surface area contributed by atoms with Crippen molar-refractivity contribution >= 4 is 5.78 Å². The van der Waals surface area contributed by atoms with Gasteiger partial charge < -0.3 is 4.74 Å². The molecule has 0 aromatic rings. The smallest absolute Gasteiger partial charge is 0.137 e. The van der Waals surface area contributed by atoms with E-state index in [1.165, 1.54) is 45.1 Å². The van der Waals surface area contributed by atoms with Crippen molar-refractivity contribution in [1.29, 1.82) is 0 Å². The van der Waals surface area contributed by atoms with Crippen LogP contribution in [-0.4, -0.2) is 42.5 Å². The van der Waals surface area contributed by atoms with Gasteiger partial charge in [-0.25, -0.2) is 0 Å². The number of rotatable bonds is 3. The number of likely N-dealkylation sites (tertiary alicyclic amines) is 1. The summed E-state index contributed by atoms with van der Waals surface area (Å²) in [6, 6.07) is 0.522. The maximum absolute atomic E-state index is 12.1. The van der Waals surface area contributed by atoms with Gasteiger partial charge in [0, 0.05) is 31.5 Å². The molecule has 3 nitrogen and oxygen atoms in total. The monoisotopic (exact) mass is 265 g/mol. The molecule has 3 atom stereocenters. The lowest BCUT2D eigenvalue weighted by molar-refractivity contribution is -0.123. The highest BCUT2D eigenvalue weighted by Gasteiger charge is 2.37. The lowest BCUT2D eigenvalue weighted by atomic mass is 9.88. The number of Topliss-reactive ketones (excluding diaryl/α,β-unsaturated/α-hetero) is 1. The van der Waals surface area contributed by atoms with E-state index in [1.54, 1.807) is 0 Å². The lowest BCUT2D eigenvalue weighted by Crippen LogP contribution is -2.49. The van der Waals surface area contributed by atoms with Gasteiger partial charge in [0.25, 0.3) is 0 Å². The van der Waals surface area contributed by atoms with Crippen LogP contribution in [-0.2, 0) is 9.53 Å². The van der Waals surface area contributed by atoms with Crippen LogP contribution in [0.3, 0.4) is 0 Å². The summed E-state index contributed by atoms with van der Waals surface area (Å²) in [5.74, 6) is 0.866. The van der Waals surface area contributed by atoms with Gasteiger partial charge in [0.2, 0.25) is 0 Å². The van der Waals surface area contributed by atoms with Gasteiger partial charge in [-0.2, -0.15) is 0 Å². The predicted molar refractivity (Wildman–Crippen MR) is 75.2 cm³/mol. The second-order valence-corrected chi connectivity index (χ2v) is 6.51. The topological polar surface area (TPSA) is 29.5 Å². The van der Waals surface area contributed by atoms with E-state index in [2.05, 4.69) is 4.90 Å². The molecular formula is C16H27NO2. The van der Waals surface area contributed by atoms with Gasteiger partial charge in [0.1, 0.15) is 5.78 Å². The molecule has 0 bridgehead atoms. The SMILES string of the molecule is O=C1CCCC1C1CCCCN1CC1CCCCO1. The second-order valence-electron chi connectivity index (χ2n) is 6.51. The van der Waals surface area contributed by atoms with Crippen molar-refractivity contribution in [3.8, 4) is 0 Å². The van der Waals surface area contributed by atoms with Crippen LogP contribution < -0.4 is 0 Å². The number of hydrogen-bond donors (Lipinski definition) is 0. The number of ketones is 1. The van der Waals surface area contributed by atoms with Gasteiger partial charge in [-0.3, -0.25) is 9.69 Å². The van der Waals surface area contributed by atoms with Crippen LogP contribution in [0.5, 0.6) is 0 Å². The van der Waals surface area contributed by atoms with Crippen molar-refractivity contribution in [1.82, 2.24) is 4.90 Å². The Hall–Kier alpha value is -0.410. The van der Waals surface area contributed by atoms with E-state index in [0.29, 0.717) is 23.8 Å². The molecular weight excluding hydrogens is 238 g/mol. The zero-order chi connectivity index (χ0) is 13.1. The van der Waals surface area contributed by atoms with Crippen LogP contribution in [0, 0.1) is 5.92 Å². The van der Waals surface area contributed by atoms with Crippen molar-refractivity contribution in [3.63, 3.8) is 0 Å². The van der Waals surface area contributed by atoms with Gasteiger partial charge in [0.05, 0.1) is 6.10 Å². The quantitative estimate of drug-likeness (QED) is 0.786. The summed E-state index contributed by atoms with van der Waals surface area (Å²) in [5.41, 5.74) is 0. The first-order valence-electron chi connectivity index (χ1n) is 8.23. The molecule has 0 aromatic heterocycles. The van der Waals surface area contributed by atoms with Crippen molar-refractivity contribution in [2.24, 2.45) is 5.92 Å². The fraction of sp³-hybridized carbons (Fsp3) is 0.938. The molecule has 1 aliphatic carbocycles. The van der Waals surface area contributed by atoms with Crippen LogP contribution in [0.15, 0.2) is 0 Å². The van der Waals surface area contributed by atoms with Crippen molar-refractivity contribution in [2.75, 3.05) is 19.7 Å². The van der Waals surface area contributed by atoms with E-state index in [4.69, 9.17) is 4.74 Å². The molecule has 3 aliphatic rings. The van der Waals surface area contributed by atoms with Crippen LogP contribution >= 0.6 is 0 Å². The molecule has 0 radical (unpaired) electrons. The Morgan fingerprint density at radius 2 is 1.95 bits per heavy atom. The highest BCUT2D eigenvalue weighted by Crippen LogP contribution is 2.33. The first-order valence-corrected chi connectivity index (χ1v) is 8.23. The van der Waals surface area contributed by atoms with Crippen LogP contribution in [0.4, 0.5) is 0 Å². The van der Waals surface area contributed by atoms with Gasteiger partial charge >= 0.3 is 0 Å². The summed E-state index contributed by atoms with van der Waals surface area (Å²) in [7, 11) is 0. The molecule has 3 fully saturated rings. The molecule has 2 saturated heterocycles. The zero-order valence-corrected chi connectivity index (χ0v) is 12.0. The van der Waals surface area contributed by atoms with Crippen LogP contribution in [0.1, 0.15) is 57.8 Å². The average Bonchev–Trinajstić information content (AvgIpc) is 2.87. The van der Waals surface area contributed by atoms with E-state index in [9.17, 15) is 4.79 Å². The summed E-state index contributed by atoms with van der Waals surface area (Å²) >= 11 is 0. The Balaban J connectivity index is 1.61. The molecule has 0 amide bonds. The maximum Gasteiger partial charge on any atom is 0.137 e. The Kier molecular flexibility index (Phi) is 4.54. The van der Waals surface area contributed by atoms with Gasteiger partial charge in [-0.1, -0.05) is 6.42 Å². The highest BCUT2D eigenvalue weighted by molar-refractivity contribution is 5.83. The van der Waals surface area contributed by atoms with Crippen LogP contribution in [0.2, 0.25) is 0 Å². The van der Waals surface area contributed by atoms with Crippen molar-refractivity contribution < 1.29 is 9.53 Å². The Morgan fingerprint density at radius 3 is 2.68 bits per heavy atom. The Labute approximate surface area is 116 Å². The molecule has 0 N–H and O–H groups in total. The Bertz CT molecular complexity index is 312. The largest absolute Gasteiger partial charge is 0.377 e. The molecule has 1 saturated carbocycles. The lowest BCUT2D eigenvalue weighted by Gasteiger charge is -2.41. The predicted octanol–water partition coefficient (Wildman–Crippen LogP) is 2.78. The number of piperidine rings is 1. The van der Waals surface area contributed by atoms with E-state index in [-0.39, 0.29) is 0 Å². The molecule has 3 unspecified atom stereocenters. The molecule has 2 heterocycles. The fourth-order valence-corrected chi connectivity index (χ4v) is 4.16. The van der Waals surface area contributed by atoms with Crippen LogP contribution in [0.25, 0.3) is 0 Å². The first kappa shape index (κ1) is 13.6. The van der Waals surface area contributed by atoms with Crippen molar-refractivity contribution in [2.45, 2.75) is 69.9 Å². The van der Waals surface area contributed by atoms with Crippen molar-refractivity contribution in [3.05, 3.63) is 0 Å². The average molecular weight is 265 g/mol. The number of carbonyl (C=O) groups excluding carboxylic acids is 1. The third kappa shape index (κ3) is 3.19. The Morgan fingerprint density at radius 1 is 1.05 bits per heavy atom. The summed E-state index contributed by atoms with van der Waals surface area (Å²) < 4.78 is 5.89. The third-order valence-electron chi connectivity index (χ3n) is 5.19. The summed E-state index contributed by atoms with van der Waals surface area (Å²) in [4.78, 5) is 14.6. The van der Waals surface area contributed by atoms with Gasteiger partial charge in [-0.15, -0.1) is 0 Å². The molecule has 19 heavy (non-hydrogen) atoms. The first-order chi connectivity index (χ1) is 9.34. The summed E-state index contributed by atoms with van der Waals surface area (Å²) in [5, 5.41) is 0. The van der Waals surface area contributed by atoms with E-state index in [0.717, 1.165) is 32.4 Å². The third-order valence-corrected chi connectivity index (χ3v) is 5.19. The van der Waals surface area contributed by atoms with E-state index >= 15 is 0 Å².